The lowest BCUT2D eigenvalue weighted by atomic mass is 10.1. The molecule has 3 heterocycles. The molecule has 2 saturated heterocycles. The molecule has 0 amide bonds. The van der Waals surface area contributed by atoms with Gasteiger partial charge in [0.2, 0.25) is 0 Å². The third-order valence-electron chi connectivity index (χ3n) is 4.34. The fourth-order valence-electron chi connectivity index (χ4n) is 3.29. The van der Waals surface area contributed by atoms with Gasteiger partial charge in [0, 0.05) is 37.8 Å². The SMILES string of the molecule is CCNCc1coc(CN2CCN3CCCC3C2)c1. The highest BCUT2D eigenvalue weighted by molar-refractivity contribution is 5.12. The number of piperazine rings is 1. The van der Waals surface area contributed by atoms with E-state index in [1.54, 1.807) is 0 Å². The Morgan fingerprint density at radius 3 is 3.21 bits per heavy atom. The summed E-state index contributed by atoms with van der Waals surface area (Å²) in [4.78, 5) is 5.19. The van der Waals surface area contributed by atoms with Crippen molar-refractivity contribution in [3.63, 3.8) is 0 Å². The van der Waals surface area contributed by atoms with Crippen LogP contribution < -0.4 is 5.32 Å². The van der Waals surface area contributed by atoms with Gasteiger partial charge in [-0.2, -0.15) is 0 Å². The zero-order chi connectivity index (χ0) is 13.1. The van der Waals surface area contributed by atoms with E-state index in [0.717, 1.165) is 31.4 Å². The van der Waals surface area contributed by atoms with Crippen molar-refractivity contribution < 1.29 is 4.42 Å². The first-order valence-electron chi connectivity index (χ1n) is 7.58. The van der Waals surface area contributed by atoms with Crippen LogP contribution in [0.25, 0.3) is 0 Å². The summed E-state index contributed by atoms with van der Waals surface area (Å²) in [5.74, 6) is 1.11. The zero-order valence-corrected chi connectivity index (χ0v) is 11.9. The monoisotopic (exact) mass is 263 g/mol. The summed E-state index contributed by atoms with van der Waals surface area (Å²) >= 11 is 0. The largest absolute Gasteiger partial charge is 0.468 e. The van der Waals surface area contributed by atoms with Crippen molar-refractivity contribution in [1.29, 1.82) is 0 Å². The van der Waals surface area contributed by atoms with E-state index in [2.05, 4.69) is 28.1 Å². The van der Waals surface area contributed by atoms with Crippen molar-refractivity contribution in [3.05, 3.63) is 23.7 Å². The second kappa shape index (κ2) is 6.07. The highest BCUT2D eigenvalue weighted by Crippen LogP contribution is 2.22. The fraction of sp³-hybridized carbons (Fsp3) is 0.733. The molecule has 0 radical (unpaired) electrons. The number of furan rings is 1. The van der Waals surface area contributed by atoms with E-state index in [4.69, 9.17) is 4.42 Å². The van der Waals surface area contributed by atoms with Crippen LogP contribution in [0.3, 0.4) is 0 Å². The van der Waals surface area contributed by atoms with E-state index in [1.165, 1.54) is 44.6 Å². The molecule has 1 unspecified atom stereocenters. The molecule has 0 aromatic carbocycles. The molecule has 19 heavy (non-hydrogen) atoms. The van der Waals surface area contributed by atoms with Gasteiger partial charge in [-0.15, -0.1) is 0 Å². The van der Waals surface area contributed by atoms with Crippen LogP contribution in [0.15, 0.2) is 16.7 Å². The molecule has 1 atom stereocenters. The van der Waals surface area contributed by atoms with Gasteiger partial charge in [0.05, 0.1) is 12.8 Å². The molecular formula is C15H25N3O. The average molecular weight is 263 g/mol. The third kappa shape index (κ3) is 3.19. The molecule has 0 spiro atoms. The Morgan fingerprint density at radius 2 is 2.32 bits per heavy atom. The summed E-state index contributed by atoms with van der Waals surface area (Å²) in [7, 11) is 0. The molecule has 3 rings (SSSR count). The standard InChI is InChI=1S/C15H25N3O/c1-2-16-9-13-8-15(19-12-13)11-17-6-7-18-5-3-4-14(18)10-17/h8,12,14,16H,2-7,9-11H2,1H3. The van der Waals surface area contributed by atoms with Crippen molar-refractivity contribution in [3.8, 4) is 0 Å². The van der Waals surface area contributed by atoms with Crippen LogP contribution >= 0.6 is 0 Å². The zero-order valence-electron chi connectivity index (χ0n) is 11.9. The van der Waals surface area contributed by atoms with Crippen LogP contribution in [0.4, 0.5) is 0 Å². The maximum atomic E-state index is 5.68. The molecule has 4 nitrogen and oxygen atoms in total. The van der Waals surface area contributed by atoms with E-state index >= 15 is 0 Å². The van der Waals surface area contributed by atoms with Gasteiger partial charge in [-0.3, -0.25) is 9.80 Å². The summed E-state index contributed by atoms with van der Waals surface area (Å²) in [5, 5.41) is 3.33. The van der Waals surface area contributed by atoms with Gasteiger partial charge in [0.1, 0.15) is 5.76 Å². The van der Waals surface area contributed by atoms with E-state index in [-0.39, 0.29) is 0 Å². The van der Waals surface area contributed by atoms with Crippen molar-refractivity contribution in [1.82, 2.24) is 15.1 Å². The summed E-state index contributed by atoms with van der Waals surface area (Å²) in [6, 6.07) is 2.99. The summed E-state index contributed by atoms with van der Waals surface area (Å²) < 4.78 is 5.68. The number of nitrogens with zero attached hydrogens (tertiary/aromatic N) is 2. The maximum absolute atomic E-state index is 5.68. The van der Waals surface area contributed by atoms with Crippen molar-refractivity contribution in [2.45, 2.75) is 38.9 Å². The molecule has 106 valence electrons. The van der Waals surface area contributed by atoms with Crippen LogP contribution in [0.5, 0.6) is 0 Å². The number of hydrogen-bond acceptors (Lipinski definition) is 4. The predicted octanol–water partition coefficient (Wildman–Crippen LogP) is 1.67. The van der Waals surface area contributed by atoms with E-state index in [1.807, 2.05) is 6.26 Å². The molecule has 0 saturated carbocycles. The van der Waals surface area contributed by atoms with Crippen LogP contribution in [0.2, 0.25) is 0 Å². The molecule has 1 aromatic rings. The Hall–Kier alpha value is -0.840. The Kier molecular flexibility index (Phi) is 4.21. The molecular weight excluding hydrogens is 238 g/mol. The third-order valence-corrected chi connectivity index (χ3v) is 4.34. The second-order valence-corrected chi connectivity index (χ2v) is 5.77. The smallest absolute Gasteiger partial charge is 0.118 e. The van der Waals surface area contributed by atoms with Crippen molar-refractivity contribution >= 4 is 0 Å². The summed E-state index contributed by atoms with van der Waals surface area (Å²) in [5.41, 5.74) is 1.26. The van der Waals surface area contributed by atoms with Gasteiger partial charge < -0.3 is 9.73 Å². The Balaban J connectivity index is 1.52. The molecule has 1 N–H and O–H groups in total. The van der Waals surface area contributed by atoms with Gasteiger partial charge in [0.15, 0.2) is 0 Å². The summed E-state index contributed by atoms with van der Waals surface area (Å²) in [6.07, 6.45) is 4.65. The van der Waals surface area contributed by atoms with Gasteiger partial charge in [-0.05, 0) is 32.0 Å². The van der Waals surface area contributed by atoms with Gasteiger partial charge in [-0.1, -0.05) is 6.92 Å². The molecule has 1 aromatic heterocycles. The average Bonchev–Trinajstić information content (AvgIpc) is 3.05. The minimum atomic E-state index is 0.796. The number of rotatable bonds is 5. The van der Waals surface area contributed by atoms with Crippen LogP contribution in [0, 0.1) is 0 Å². The van der Waals surface area contributed by atoms with Gasteiger partial charge in [0.25, 0.3) is 0 Å². The maximum Gasteiger partial charge on any atom is 0.118 e. The number of nitrogens with one attached hydrogen (secondary N) is 1. The molecule has 4 heteroatoms. The Labute approximate surface area is 115 Å². The van der Waals surface area contributed by atoms with Crippen LogP contribution in [-0.2, 0) is 13.1 Å². The first-order chi connectivity index (χ1) is 9.35. The summed E-state index contributed by atoms with van der Waals surface area (Å²) in [6.45, 7) is 9.95. The van der Waals surface area contributed by atoms with Crippen molar-refractivity contribution in [2.75, 3.05) is 32.7 Å². The van der Waals surface area contributed by atoms with E-state index < -0.39 is 0 Å². The first-order valence-corrected chi connectivity index (χ1v) is 7.58. The van der Waals surface area contributed by atoms with E-state index in [9.17, 15) is 0 Å². The quantitative estimate of drug-likeness (QED) is 0.875. The minimum Gasteiger partial charge on any atom is -0.468 e. The molecule has 0 aliphatic carbocycles. The molecule has 2 fully saturated rings. The van der Waals surface area contributed by atoms with E-state index in [0.29, 0.717) is 0 Å². The van der Waals surface area contributed by atoms with Gasteiger partial charge >= 0.3 is 0 Å². The molecule has 2 aliphatic rings. The lowest BCUT2D eigenvalue weighted by Crippen LogP contribution is -2.49. The minimum absolute atomic E-state index is 0.796. The Bertz CT molecular complexity index is 404. The van der Waals surface area contributed by atoms with Crippen LogP contribution in [0.1, 0.15) is 31.1 Å². The Morgan fingerprint density at radius 1 is 1.37 bits per heavy atom. The lowest BCUT2D eigenvalue weighted by molar-refractivity contribution is 0.0941. The van der Waals surface area contributed by atoms with Gasteiger partial charge in [-0.25, -0.2) is 0 Å². The normalized spacial score (nSPS) is 24.8. The highest BCUT2D eigenvalue weighted by atomic mass is 16.3. The fourth-order valence-corrected chi connectivity index (χ4v) is 3.29. The second-order valence-electron chi connectivity index (χ2n) is 5.77. The first kappa shape index (κ1) is 13.2. The van der Waals surface area contributed by atoms with Crippen LogP contribution in [-0.4, -0.2) is 48.6 Å². The molecule has 0 bridgehead atoms. The lowest BCUT2D eigenvalue weighted by Gasteiger charge is -2.37. The predicted molar refractivity (Wildman–Crippen MR) is 76.0 cm³/mol. The molecule has 2 aliphatic heterocycles. The number of hydrogen-bond donors (Lipinski definition) is 1. The van der Waals surface area contributed by atoms with Crippen molar-refractivity contribution in [2.24, 2.45) is 0 Å². The highest BCUT2D eigenvalue weighted by Gasteiger charge is 2.30. The number of fused-ring (bicyclic) bond motifs is 1. The topological polar surface area (TPSA) is 31.7 Å².